The van der Waals surface area contributed by atoms with Crippen molar-refractivity contribution in [1.82, 2.24) is 10.6 Å². The molecule has 218 valence electrons. The van der Waals surface area contributed by atoms with Crippen LogP contribution in [0, 0.1) is 0 Å². The first-order chi connectivity index (χ1) is 17.6. The van der Waals surface area contributed by atoms with Crippen LogP contribution in [0.15, 0.2) is 36.4 Å². The SMILES string of the molecule is CCNC(=O)NCc1ccc(NC[C@@](O)(c2cc(C(F)(F)F)cc(C(F)(F)F)c2)C(F)(F)F)cc1C(F)(F)F. The summed E-state index contributed by atoms with van der Waals surface area (Å²) >= 11 is 0. The van der Waals surface area contributed by atoms with Crippen molar-refractivity contribution >= 4 is 11.7 Å². The average Bonchev–Trinajstić information content (AvgIpc) is 2.78. The Morgan fingerprint density at radius 3 is 1.69 bits per heavy atom. The molecule has 5 nitrogen and oxygen atoms in total. The molecule has 4 N–H and O–H groups in total. The van der Waals surface area contributed by atoms with Gasteiger partial charge < -0.3 is 21.1 Å². The second-order valence-corrected chi connectivity index (χ2v) is 8.09. The summed E-state index contributed by atoms with van der Waals surface area (Å²) in [5, 5.41) is 16.5. The number of carbonyl (C=O) groups excluding carboxylic acids is 1. The van der Waals surface area contributed by atoms with Crippen molar-refractivity contribution in [3.63, 3.8) is 0 Å². The summed E-state index contributed by atoms with van der Waals surface area (Å²) in [6.07, 6.45) is -22.0. The molecule has 0 aliphatic rings. The molecule has 1 atom stereocenters. The number of hydrogen-bond donors (Lipinski definition) is 4. The number of nitrogens with one attached hydrogen (secondary N) is 3. The van der Waals surface area contributed by atoms with E-state index in [1.807, 2.05) is 0 Å². The van der Waals surface area contributed by atoms with Crippen molar-refractivity contribution in [3.05, 3.63) is 64.2 Å². The van der Waals surface area contributed by atoms with Crippen LogP contribution in [0.2, 0.25) is 0 Å². The van der Waals surface area contributed by atoms with Crippen LogP contribution in [-0.2, 0) is 30.7 Å². The van der Waals surface area contributed by atoms with E-state index in [0.29, 0.717) is 6.07 Å². The number of aliphatic hydroxyl groups is 1. The van der Waals surface area contributed by atoms with Crippen molar-refractivity contribution < 1.29 is 62.6 Å². The van der Waals surface area contributed by atoms with Crippen molar-refractivity contribution in [2.75, 3.05) is 18.4 Å². The number of carbonyl (C=O) groups is 1. The summed E-state index contributed by atoms with van der Waals surface area (Å²) in [7, 11) is 0. The lowest BCUT2D eigenvalue weighted by Crippen LogP contribution is -2.48. The van der Waals surface area contributed by atoms with E-state index in [9.17, 15) is 62.6 Å². The quantitative estimate of drug-likeness (QED) is 0.284. The molecule has 2 rings (SSSR count). The van der Waals surface area contributed by atoms with E-state index >= 15 is 0 Å². The van der Waals surface area contributed by atoms with E-state index < -0.39 is 89.0 Å². The Hall–Kier alpha value is -3.37. The van der Waals surface area contributed by atoms with Crippen LogP contribution >= 0.6 is 0 Å². The highest BCUT2D eigenvalue weighted by molar-refractivity contribution is 5.73. The second-order valence-electron chi connectivity index (χ2n) is 8.09. The van der Waals surface area contributed by atoms with E-state index in [1.54, 1.807) is 5.32 Å². The van der Waals surface area contributed by atoms with Crippen LogP contribution in [0.3, 0.4) is 0 Å². The minimum absolute atomic E-state index is 0.152. The van der Waals surface area contributed by atoms with Crippen LogP contribution in [0.25, 0.3) is 0 Å². The van der Waals surface area contributed by atoms with Gasteiger partial charge in [-0.3, -0.25) is 0 Å². The molecule has 0 aliphatic heterocycles. The van der Waals surface area contributed by atoms with Gasteiger partial charge in [-0.25, -0.2) is 4.79 Å². The average molecular weight is 585 g/mol. The van der Waals surface area contributed by atoms with Gasteiger partial charge in [0.05, 0.1) is 23.2 Å². The van der Waals surface area contributed by atoms with Gasteiger partial charge in [-0.15, -0.1) is 0 Å². The number of alkyl halides is 12. The molecular weight excluding hydrogens is 566 g/mol. The molecule has 0 unspecified atom stereocenters. The maximum Gasteiger partial charge on any atom is 0.423 e. The Bertz CT molecular complexity index is 1140. The molecule has 0 spiro atoms. The summed E-state index contributed by atoms with van der Waals surface area (Å²) in [4.78, 5) is 11.5. The highest BCUT2D eigenvalue weighted by atomic mass is 19.4. The Morgan fingerprint density at radius 2 is 1.26 bits per heavy atom. The molecule has 39 heavy (non-hydrogen) atoms. The van der Waals surface area contributed by atoms with Crippen molar-refractivity contribution in [2.45, 2.75) is 43.8 Å². The van der Waals surface area contributed by atoms with Crippen LogP contribution in [0.4, 0.5) is 63.2 Å². The van der Waals surface area contributed by atoms with Gasteiger partial charge in [0.1, 0.15) is 0 Å². The van der Waals surface area contributed by atoms with E-state index in [1.165, 1.54) is 6.92 Å². The highest BCUT2D eigenvalue weighted by Crippen LogP contribution is 2.44. The van der Waals surface area contributed by atoms with Crippen LogP contribution < -0.4 is 16.0 Å². The Balaban J connectivity index is 2.51. The van der Waals surface area contributed by atoms with Crippen molar-refractivity contribution in [1.29, 1.82) is 0 Å². The number of urea groups is 1. The second kappa shape index (κ2) is 11.0. The maximum atomic E-state index is 13.8. The van der Waals surface area contributed by atoms with Gasteiger partial charge in [0.25, 0.3) is 0 Å². The molecule has 17 heteroatoms. The number of anilines is 1. The predicted molar refractivity (Wildman–Crippen MR) is 112 cm³/mol. The Morgan fingerprint density at radius 1 is 0.744 bits per heavy atom. The van der Waals surface area contributed by atoms with Crippen molar-refractivity contribution in [2.24, 2.45) is 0 Å². The maximum absolute atomic E-state index is 13.8. The molecule has 0 saturated heterocycles. The number of hydrogen-bond acceptors (Lipinski definition) is 3. The van der Waals surface area contributed by atoms with Gasteiger partial charge in [0.2, 0.25) is 5.60 Å². The molecule has 0 fully saturated rings. The standard InChI is InChI=1S/C22H19F12N3O2/c1-2-35-17(38)36-9-11-3-4-15(8-16(11)21(29,30)31)37-10-18(39,22(32,33)34)12-5-13(19(23,24)25)7-14(6-12)20(26,27)28/h3-8,37,39H,2,9-10H2,1H3,(H2,35,36,38)/t18-/m1/s1. The van der Waals surface area contributed by atoms with Crippen LogP contribution in [-0.4, -0.2) is 30.4 Å². The van der Waals surface area contributed by atoms with Gasteiger partial charge >= 0.3 is 30.7 Å². The largest absolute Gasteiger partial charge is 0.423 e. The summed E-state index contributed by atoms with van der Waals surface area (Å²) in [6.45, 7) is -0.827. The van der Waals surface area contributed by atoms with E-state index in [-0.39, 0.29) is 18.7 Å². The lowest BCUT2D eigenvalue weighted by Gasteiger charge is -2.32. The fourth-order valence-electron chi connectivity index (χ4n) is 3.29. The predicted octanol–water partition coefficient (Wildman–Crippen LogP) is 6.42. The van der Waals surface area contributed by atoms with E-state index in [2.05, 4.69) is 10.6 Å². The zero-order valence-corrected chi connectivity index (χ0v) is 19.5. The van der Waals surface area contributed by atoms with Gasteiger partial charge in [0.15, 0.2) is 0 Å². The molecule has 0 bridgehead atoms. The Kier molecular flexibility index (Phi) is 8.99. The minimum atomic E-state index is -5.88. The molecule has 2 aromatic carbocycles. The number of benzene rings is 2. The van der Waals surface area contributed by atoms with Crippen LogP contribution in [0.1, 0.15) is 34.7 Å². The third-order valence-electron chi connectivity index (χ3n) is 5.27. The molecule has 2 aromatic rings. The van der Waals surface area contributed by atoms with Crippen LogP contribution in [0.5, 0.6) is 0 Å². The van der Waals surface area contributed by atoms with Gasteiger partial charge in [-0.1, -0.05) is 6.07 Å². The summed E-state index contributed by atoms with van der Waals surface area (Å²) < 4.78 is 161. The first-order valence-corrected chi connectivity index (χ1v) is 10.6. The third-order valence-corrected chi connectivity index (χ3v) is 5.27. The topological polar surface area (TPSA) is 73.4 Å². The summed E-state index contributed by atoms with van der Waals surface area (Å²) in [5.74, 6) is 0. The molecule has 0 aromatic heterocycles. The Labute approximate surface area is 212 Å². The zero-order valence-electron chi connectivity index (χ0n) is 19.5. The lowest BCUT2D eigenvalue weighted by atomic mass is 9.89. The number of rotatable bonds is 7. The monoisotopic (exact) mass is 585 g/mol. The zero-order chi connectivity index (χ0) is 30.0. The van der Waals surface area contributed by atoms with Gasteiger partial charge in [-0.05, 0) is 48.4 Å². The summed E-state index contributed by atoms with van der Waals surface area (Å²) in [5.41, 5.74) is -13.2. The molecule has 0 radical (unpaired) electrons. The first kappa shape index (κ1) is 31.8. The van der Waals surface area contributed by atoms with Gasteiger partial charge in [-0.2, -0.15) is 52.7 Å². The number of halogens is 12. The summed E-state index contributed by atoms with van der Waals surface area (Å²) in [6, 6.07) is -0.0364. The fourth-order valence-corrected chi connectivity index (χ4v) is 3.29. The highest BCUT2D eigenvalue weighted by Gasteiger charge is 2.56. The number of amides is 2. The van der Waals surface area contributed by atoms with Gasteiger partial charge in [0, 0.05) is 18.8 Å². The molecule has 2 amide bonds. The molecule has 0 heterocycles. The lowest BCUT2D eigenvalue weighted by molar-refractivity contribution is -0.261. The van der Waals surface area contributed by atoms with E-state index in [4.69, 9.17) is 0 Å². The fraction of sp³-hybridized carbons (Fsp3) is 0.409. The van der Waals surface area contributed by atoms with Crippen molar-refractivity contribution in [3.8, 4) is 0 Å². The first-order valence-electron chi connectivity index (χ1n) is 10.6. The molecule has 0 saturated carbocycles. The third kappa shape index (κ3) is 7.83. The molecular formula is C22H19F12N3O2. The van der Waals surface area contributed by atoms with E-state index in [0.717, 1.165) is 12.1 Å². The molecule has 0 aliphatic carbocycles. The smallest absolute Gasteiger partial charge is 0.381 e. The normalized spacial score (nSPS) is 14.5. The minimum Gasteiger partial charge on any atom is -0.381 e.